The van der Waals surface area contributed by atoms with Gasteiger partial charge < -0.3 is 9.73 Å². The van der Waals surface area contributed by atoms with Crippen molar-refractivity contribution in [3.05, 3.63) is 58.6 Å². The number of nitrogens with one attached hydrogen (secondary N) is 1. The van der Waals surface area contributed by atoms with E-state index in [4.69, 9.17) is 4.42 Å². The molecule has 0 spiro atoms. The van der Waals surface area contributed by atoms with E-state index in [1.807, 2.05) is 6.07 Å². The van der Waals surface area contributed by atoms with Gasteiger partial charge in [0.2, 0.25) is 17.5 Å². The molecule has 0 aliphatic carbocycles. The van der Waals surface area contributed by atoms with Crippen LogP contribution in [0.1, 0.15) is 16.4 Å². The molecule has 0 saturated heterocycles. The Bertz CT molecular complexity index is 1000. The number of nitrogens with zero attached hydrogens (tertiary/aromatic N) is 4. The van der Waals surface area contributed by atoms with Gasteiger partial charge in [0.1, 0.15) is 0 Å². The maximum atomic E-state index is 12.7. The zero-order valence-electron chi connectivity index (χ0n) is 14.0. The van der Waals surface area contributed by atoms with Gasteiger partial charge in [0.15, 0.2) is 0 Å². The van der Waals surface area contributed by atoms with Gasteiger partial charge in [-0.25, -0.2) is 14.5 Å². The maximum Gasteiger partial charge on any atom is 0.451 e. The third-order valence-corrected chi connectivity index (χ3v) is 3.65. The van der Waals surface area contributed by atoms with Crippen LogP contribution >= 0.6 is 0 Å². The highest BCUT2D eigenvalue weighted by Gasteiger charge is 2.37. The first-order chi connectivity index (χ1) is 12.8. The van der Waals surface area contributed by atoms with Crippen LogP contribution in [0, 0.1) is 0 Å². The van der Waals surface area contributed by atoms with Crippen molar-refractivity contribution < 1.29 is 22.4 Å². The smallest absolute Gasteiger partial charge is 0.431 e. The van der Waals surface area contributed by atoms with E-state index in [2.05, 4.69) is 15.4 Å². The normalized spacial score (nSPS) is 11.6. The van der Waals surface area contributed by atoms with E-state index in [-0.39, 0.29) is 24.7 Å². The molecule has 0 bridgehead atoms. The first-order valence-electron chi connectivity index (χ1n) is 7.78. The minimum atomic E-state index is -4.74. The average molecular weight is 381 g/mol. The van der Waals surface area contributed by atoms with Crippen LogP contribution in [0.25, 0.3) is 11.5 Å². The number of benzene rings is 1. The summed E-state index contributed by atoms with van der Waals surface area (Å²) in [6, 6.07) is 8.93. The molecule has 3 aromatic rings. The minimum Gasteiger partial charge on any atom is -0.431 e. The zero-order valence-corrected chi connectivity index (χ0v) is 14.0. The van der Waals surface area contributed by atoms with Crippen LogP contribution in [-0.2, 0) is 19.8 Å². The molecule has 2 aromatic heterocycles. The van der Waals surface area contributed by atoms with Crippen LogP contribution in [0.4, 0.5) is 13.2 Å². The van der Waals surface area contributed by atoms with Gasteiger partial charge in [-0.3, -0.25) is 9.36 Å². The Balaban J connectivity index is 1.63. The molecule has 0 radical (unpaired) electrons. The van der Waals surface area contributed by atoms with E-state index in [1.54, 1.807) is 24.3 Å². The minimum absolute atomic E-state index is 0.0572. The van der Waals surface area contributed by atoms with Crippen molar-refractivity contribution in [1.82, 2.24) is 24.6 Å². The highest BCUT2D eigenvalue weighted by molar-refractivity contribution is 5.91. The molecule has 8 nitrogen and oxygen atoms in total. The van der Waals surface area contributed by atoms with E-state index in [1.165, 1.54) is 6.20 Å². The number of rotatable bonds is 5. The van der Waals surface area contributed by atoms with Crippen molar-refractivity contribution in [2.75, 3.05) is 6.54 Å². The Morgan fingerprint density at radius 1 is 1.26 bits per heavy atom. The van der Waals surface area contributed by atoms with E-state index in [0.29, 0.717) is 14.8 Å². The largest absolute Gasteiger partial charge is 0.451 e. The first kappa shape index (κ1) is 18.4. The Kier molecular flexibility index (Phi) is 4.84. The highest BCUT2D eigenvalue weighted by Crippen LogP contribution is 2.25. The van der Waals surface area contributed by atoms with E-state index < -0.39 is 23.6 Å². The van der Waals surface area contributed by atoms with Gasteiger partial charge in [-0.15, -0.1) is 5.10 Å². The lowest BCUT2D eigenvalue weighted by atomic mass is 10.2. The summed E-state index contributed by atoms with van der Waals surface area (Å²) in [4.78, 5) is 27.8. The molecule has 0 atom stereocenters. The number of hydrogen-bond donors (Lipinski definition) is 1. The molecule has 0 aliphatic heterocycles. The lowest BCUT2D eigenvalue weighted by Crippen LogP contribution is -2.31. The summed E-state index contributed by atoms with van der Waals surface area (Å²) >= 11 is 0. The Morgan fingerprint density at radius 2 is 1.96 bits per heavy atom. The second-order valence-corrected chi connectivity index (χ2v) is 5.54. The Morgan fingerprint density at radius 3 is 2.59 bits per heavy atom. The fraction of sp³-hybridized carbons (Fsp3) is 0.250. The van der Waals surface area contributed by atoms with Crippen LogP contribution in [-0.4, -0.2) is 31.8 Å². The van der Waals surface area contributed by atoms with Crippen molar-refractivity contribution in [3.63, 3.8) is 0 Å². The number of amides is 1. The summed E-state index contributed by atoms with van der Waals surface area (Å²) in [5.41, 5.74) is -0.237. The fourth-order valence-electron chi connectivity index (χ4n) is 2.34. The molecular formula is C16H14F3N5O3. The third kappa shape index (κ3) is 3.91. The molecule has 1 aromatic carbocycles. The molecule has 0 aliphatic rings. The fourth-order valence-corrected chi connectivity index (χ4v) is 2.34. The van der Waals surface area contributed by atoms with Crippen LogP contribution < -0.4 is 11.0 Å². The van der Waals surface area contributed by atoms with Gasteiger partial charge in [-0.1, -0.05) is 18.2 Å². The lowest BCUT2D eigenvalue weighted by Gasteiger charge is -2.03. The van der Waals surface area contributed by atoms with Gasteiger partial charge in [-0.2, -0.15) is 13.2 Å². The molecule has 0 fully saturated rings. The molecule has 2 heterocycles. The van der Waals surface area contributed by atoms with Crippen LogP contribution in [0.2, 0.25) is 0 Å². The van der Waals surface area contributed by atoms with Crippen molar-refractivity contribution in [2.45, 2.75) is 12.7 Å². The van der Waals surface area contributed by atoms with Crippen molar-refractivity contribution >= 4 is 5.91 Å². The predicted octanol–water partition coefficient (Wildman–Crippen LogP) is 1.69. The third-order valence-electron chi connectivity index (χ3n) is 3.65. The second-order valence-electron chi connectivity index (χ2n) is 5.54. The van der Waals surface area contributed by atoms with Crippen molar-refractivity contribution in [2.24, 2.45) is 7.05 Å². The molecule has 11 heteroatoms. The number of halogens is 3. The molecular weight excluding hydrogens is 367 g/mol. The number of carbonyl (C=O) groups is 1. The highest BCUT2D eigenvalue weighted by atomic mass is 19.4. The molecule has 0 saturated carbocycles. The molecule has 27 heavy (non-hydrogen) atoms. The number of alkyl halides is 3. The van der Waals surface area contributed by atoms with Crippen LogP contribution in [0.15, 0.2) is 45.7 Å². The SMILES string of the molecule is Cn1c(C(F)(F)F)nn(CCNC(=O)c2cnc(-c3ccccc3)o2)c1=O. The molecule has 1 amide bonds. The second kappa shape index (κ2) is 7.09. The zero-order chi connectivity index (χ0) is 19.6. The molecule has 3 rings (SSSR count). The van der Waals surface area contributed by atoms with Gasteiger partial charge in [-0.05, 0) is 12.1 Å². The monoisotopic (exact) mass is 381 g/mol. The number of carbonyl (C=O) groups excluding carboxylic acids is 1. The number of hydrogen-bond acceptors (Lipinski definition) is 5. The van der Waals surface area contributed by atoms with E-state index in [9.17, 15) is 22.8 Å². The standard InChI is InChI=1S/C16H14F3N5O3/c1-23-14(16(17,18)19)22-24(15(23)26)8-7-20-12(25)11-9-21-13(27-11)10-5-3-2-4-6-10/h2-6,9H,7-8H2,1H3,(H,20,25). The summed E-state index contributed by atoms with van der Waals surface area (Å²) < 4.78 is 44.6. The summed E-state index contributed by atoms with van der Waals surface area (Å²) in [6.45, 7) is -0.345. The van der Waals surface area contributed by atoms with Crippen molar-refractivity contribution in [3.8, 4) is 11.5 Å². The Labute approximate surface area is 150 Å². The summed E-state index contributed by atoms with van der Waals surface area (Å²) in [5, 5.41) is 5.69. The van der Waals surface area contributed by atoms with Gasteiger partial charge in [0.25, 0.3) is 5.91 Å². The topological polar surface area (TPSA) is 95.0 Å². The molecule has 1 N–H and O–H groups in total. The first-order valence-corrected chi connectivity index (χ1v) is 7.78. The van der Waals surface area contributed by atoms with Gasteiger partial charge in [0, 0.05) is 19.2 Å². The molecule has 142 valence electrons. The van der Waals surface area contributed by atoms with Gasteiger partial charge in [0.05, 0.1) is 12.7 Å². The van der Waals surface area contributed by atoms with Gasteiger partial charge >= 0.3 is 11.9 Å². The number of oxazole rings is 1. The quantitative estimate of drug-likeness (QED) is 0.726. The van der Waals surface area contributed by atoms with Crippen LogP contribution in [0.5, 0.6) is 0 Å². The summed E-state index contributed by atoms with van der Waals surface area (Å²) in [6.07, 6.45) is -3.50. The average Bonchev–Trinajstić information content (AvgIpc) is 3.23. The van der Waals surface area contributed by atoms with Crippen molar-refractivity contribution in [1.29, 1.82) is 0 Å². The van der Waals surface area contributed by atoms with Crippen LogP contribution in [0.3, 0.4) is 0 Å². The Hall–Kier alpha value is -3.37. The van der Waals surface area contributed by atoms with E-state index >= 15 is 0 Å². The predicted molar refractivity (Wildman–Crippen MR) is 86.7 cm³/mol. The number of aromatic nitrogens is 4. The van der Waals surface area contributed by atoms with E-state index in [0.717, 1.165) is 7.05 Å². The maximum absolute atomic E-state index is 12.7. The summed E-state index contributed by atoms with van der Waals surface area (Å²) in [5.74, 6) is -1.71. The molecule has 0 unspecified atom stereocenters. The lowest BCUT2D eigenvalue weighted by molar-refractivity contribution is -0.147. The summed E-state index contributed by atoms with van der Waals surface area (Å²) in [7, 11) is 0.979.